The van der Waals surface area contributed by atoms with E-state index in [2.05, 4.69) is 27.9 Å². The fourth-order valence-corrected chi connectivity index (χ4v) is 3.74. The van der Waals surface area contributed by atoms with Crippen molar-refractivity contribution < 1.29 is 9.53 Å². The second-order valence-corrected chi connectivity index (χ2v) is 7.07. The normalized spacial score (nSPS) is 20.2. The lowest BCUT2D eigenvalue weighted by Crippen LogP contribution is -2.38. The number of hydrogen-bond donors (Lipinski definition) is 0. The predicted octanol–water partition coefficient (Wildman–Crippen LogP) is 3.31. The molecule has 0 bridgehead atoms. The van der Waals surface area contributed by atoms with Crippen molar-refractivity contribution in [3.63, 3.8) is 0 Å². The number of aromatic nitrogens is 2. The van der Waals surface area contributed by atoms with Crippen molar-refractivity contribution in [2.75, 3.05) is 6.54 Å². The van der Waals surface area contributed by atoms with Crippen LogP contribution < -0.4 is 0 Å². The molecule has 0 radical (unpaired) electrons. The minimum absolute atomic E-state index is 0.0428. The molecule has 1 aliphatic heterocycles. The Labute approximate surface area is 154 Å². The highest BCUT2D eigenvalue weighted by atomic mass is 16.5. The summed E-state index contributed by atoms with van der Waals surface area (Å²) >= 11 is 0. The van der Waals surface area contributed by atoms with Gasteiger partial charge in [0.05, 0.1) is 31.5 Å². The van der Waals surface area contributed by atoms with Crippen molar-refractivity contribution in [1.82, 2.24) is 14.5 Å². The molecule has 0 fully saturated rings. The van der Waals surface area contributed by atoms with Gasteiger partial charge < -0.3 is 14.2 Å². The summed E-state index contributed by atoms with van der Waals surface area (Å²) in [7, 11) is 0. The van der Waals surface area contributed by atoms with Gasteiger partial charge in [-0.25, -0.2) is 0 Å². The van der Waals surface area contributed by atoms with E-state index < -0.39 is 0 Å². The molecule has 2 aliphatic rings. The molecule has 1 aliphatic carbocycles. The highest BCUT2D eigenvalue weighted by Gasteiger charge is 2.27. The molecule has 2 aromatic heterocycles. The molecule has 2 aromatic rings. The summed E-state index contributed by atoms with van der Waals surface area (Å²) in [6.07, 6.45) is 10.2. The summed E-state index contributed by atoms with van der Waals surface area (Å²) < 4.78 is 8.35. The molecule has 26 heavy (non-hydrogen) atoms. The smallest absolute Gasteiger partial charge is 0.249 e. The molecule has 0 spiro atoms. The number of allylic oxidation sites excluding steroid dienone is 1. The van der Waals surface area contributed by atoms with E-state index in [0.29, 0.717) is 19.7 Å². The van der Waals surface area contributed by atoms with Crippen LogP contribution in [0.5, 0.6) is 0 Å². The Balaban J connectivity index is 1.49. The number of rotatable bonds is 4. The van der Waals surface area contributed by atoms with Gasteiger partial charge in [0, 0.05) is 30.2 Å². The maximum absolute atomic E-state index is 13.0. The van der Waals surface area contributed by atoms with Gasteiger partial charge in [-0.1, -0.05) is 12.1 Å². The summed E-state index contributed by atoms with van der Waals surface area (Å²) in [6, 6.07) is 9.97. The van der Waals surface area contributed by atoms with Gasteiger partial charge in [-0.3, -0.25) is 9.78 Å². The lowest BCUT2D eigenvalue weighted by Gasteiger charge is -2.26. The third-order valence-corrected chi connectivity index (χ3v) is 5.15. The lowest BCUT2D eigenvalue weighted by atomic mass is 9.98. The summed E-state index contributed by atoms with van der Waals surface area (Å²) in [6.45, 7) is 2.49. The van der Waals surface area contributed by atoms with Crippen LogP contribution in [0.1, 0.15) is 37.1 Å². The third-order valence-electron chi connectivity index (χ3n) is 5.15. The monoisotopic (exact) mass is 351 g/mol. The Bertz CT molecular complexity index is 782. The highest BCUT2D eigenvalue weighted by Crippen LogP contribution is 2.23. The van der Waals surface area contributed by atoms with E-state index in [9.17, 15) is 4.79 Å². The molecule has 4 rings (SSSR count). The molecule has 3 heterocycles. The Morgan fingerprint density at radius 2 is 2.15 bits per heavy atom. The Morgan fingerprint density at radius 3 is 2.96 bits per heavy atom. The third kappa shape index (κ3) is 3.88. The van der Waals surface area contributed by atoms with E-state index in [1.54, 1.807) is 6.20 Å². The Hall–Kier alpha value is -2.40. The molecular weight excluding hydrogens is 326 g/mol. The number of carbonyl (C=O) groups excluding carboxylic acids is 1. The summed E-state index contributed by atoms with van der Waals surface area (Å²) in [5, 5.41) is 0. The molecule has 0 aromatic carbocycles. The Kier molecular flexibility index (Phi) is 5.16. The van der Waals surface area contributed by atoms with Gasteiger partial charge in [-0.2, -0.15) is 0 Å². The number of amides is 1. The van der Waals surface area contributed by atoms with Crippen molar-refractivity contribution in [1.29, 1.82) is 0 Å². The van der Waals surface area contributed by atoms with Crippen molar-refractivity contribution in [2.45, 2.75) is 51.5 Å². The topological polar surface area (TPSA) is 47.4 Å². The number of fused-ring (bicyclic) bond motifs is 1. The van der Waals surface area contributed by atoms with E-state index >= 15 is 0 Å². The molecular formula is C21H25N3O2. The average Bonchev–Trinajstić information content (AvgIpc) is 3.05. The van der Waals surface area contributed by atoms with Gasteiger partial charge in [-0.05, 0) is 49.9 Å². The fraction of sp³-hybridized carbons (Fsp3) is 0.429. The van der Waals surface area contributed by atoms with Gasteiger partial charge in [0.2, 0.25) is 5.91 Å². The van der Waals surface area contributed by atoms with Crippen molar-refractivity contribution in [2.24, 2.45) is 0 Å². The van der Waals surface area contributed by atoms with Crippen LogP contribution in [0.2, 0.25) is 0 Å². The summed E-state index contributed by atoms with van der Waals surface area (Å²) in [5.41, 5.74) is 3.05. The van der Waals surface area contributed by atoms with Gasteiger partial charge in [-0.15, -0.1) is 0 Å². The van der Waals surface area contributed by atoms with Crippen LogP contribution >= 0.6 is 0 Å². The van der Waals surface area contributed by atoms with E-state index in [4.69, 9.17) is 4.74 Å². The standard InChI is InChI=1S/C21H25N3O2/c25-21(17-7-2-1-3-8-17)24-13-19-10-6-12-23(19)14-20(15-24)26-16-18-9-4-5-11-22-18/h4-7,9-12,20H,1-3,8,13-16H2. The zero-order valence-corrected chi connectivity index (χ0v) is 15.0. The first-order chi connectivity index (χ1) is 12.8. The number of nitrogens with zero attached hydrogens (tertiary/aromatic N) is 3. The largest absolute Gasteiger partial charge is 0.368 e. The molecule has 1 atom stereocenters. The highest BCUT2D eigenvalue weighted by molar-refractivity contribution is 5.93. The SMILES string of the molecule is O=C(C1=CCCCC1)N1Cc2cccn2CC(OCc2ccccn2)C1. The van der Waals surface area contributed by atoms with Crippen LogP contribution in [0.25, 0.3) is 0 Å². The molecule has 1 unspecified atom stereocenters. The van der Waals surface area contributed by atoms with E-state index in [0.717, 1.165) is 37.1 Å². The number of hydrogen-bond acceptors (Lipinski definition) is 3. The molecule has 0 N–H and O–H groups in total. The van der Waals surface area contributed by atoms with Gasteiger partial charge >= 0.3 is 0 Å². The van der Waals surface area contributed by atoms with Crippen LogP contribution in [0.4, 0.5) is 0 Å². The first kappa shape index (κ1) is 17.0. The number of carbonyl (C=O) groups is 1. The van der Waals surface area contributed by atoms with Crippen LogP contribution in [0.15, 0.2) is 54.4 Å². The predicted molar refractivity (Wildman–Crippen MR) is 99.2 cm³/mol. The van der Waals surface area contributed by atoms with Crippen molar-refractivity contribution >= 4 is 5.91 Å². The van der Waals surface area contributed by atoms with Crippen LogP contribution in [0, 0.1) is 0 Å². The van der Waals surface area contributed by atoms with E-state index in [-0.39, 0.29) is 12.0 Å². The lowest BCUT2D eigenvalue weighted by molar-refractivity contribution is -0.130. The van der Waals surface area contributed by atoms with Gasteiger partial charge in [0.1, 0.15) is 0 Å². The summed E-state index contributed by atoms with van der Waals surface area (Å²) in [5.74, 6) is 0.172. The molecule has 5 heteroatoms. The first-order valence-electron chi connectivity index (χ1n) is 9.43. The molecule has 5 nitrogen and oxygen atoms in total. The molecule has 0 saturated carbocycles. The number of ether oxygens (including phenoxy) is 1. The second-order valence-electron chi connectivity index (χ2n) is 7.07. The quantitative estimate of drug-likeness (QED) is 0.849. The number of pyridine rings is 1. The van der Waals surface area contributed by atoms with Gasteiger partial charge in [0.15, 0.2) is 0 Å². The van der Waals surface area contributed by atoms with E-state index in [1.165, 1.54) is 12.1 Å². The minimum Gasteiger partial charge on any atom is -0.368 e. The van der Waals surface area contributed by atoms with Crippen LogP contribution in [0.3, 0.4) is 0 Å². The zero-order chi connectivity index (χ0) is 17.8. The maximum atomic E-state index is 13.0. The van der Waals surface area contributed by atoms with Gasteiger partial charge in [0.25, 0.3) is 0 Å². The van der Waals surface area contributed by atoms with Crippen molar-refractivity contribution in [3.8, 4) is 0 Å². The maximum Gasteiger partial charge on any atom is 0.249 e. The minimum atomic E-state index is -0.0428. The van der Waals surface area contributed by atoms with Crippen molar-refractivity contribution in [3.05, 3.63) is 65.8 Å². The zero-order valence-electron chi connectivity index (χ0n) is 15.0. The first-order valence-corrected chi connectivity index (χ1v) is 9.43. The second kappa shape index (κ2) is 7.87. The van der Waals surface area contributed by atoms with Crippen LogP contribution in [-0.2, 0) is 29.2 Å². The Morgan fingerprint density at radius 1 is 1.19 bits per heavy atom. The molecule has 136 valence electrons. The van der Waals surface area contributed by atoms with E-state index in [1.807, 2.05) is 29.2 Å². The molecule has 0 saturated heterocycles. The average molecular weight is 351 g/mol. The van der Waals surface area contributed by atoms with Crippen LogP contribution in [-0.4, -0.2) is 33.0 Å². The summed E-state index contributed by atoms with van der Waals surface area (Å²) in [4.78, 5) is 19.3. The molecule has 1 amide bonds. The fourth-order valence-electron chi connectivity index (χ4n) is 3.74.